The summed E-state index contributed by atoms with van der Waals surface area (Å²) in [7, 11) is -2.20. The highest BCUT2D eigenvalue weighted by atomic mass is 31.1. The predicted molar refractivity (Wildman–Crippen MR) is 38.9 cm³/mol. The molecule has 0 heterocycles. The van der Waals surface area contributed by atoms with Crippen molar-refractivity contribution in [3.8, 4) is 0 Å². The first-order valence-electron chi connectivity index (χ1n) is 3.15. The first-order valence-corrected chi connectivity index (χ1v) is 4.67. The Morgan fingerprint density at radius 1 is 1.55 bits per heavy atom. The molecule has 0 aliphatic rings. The summed E-state index contributed by atoms with van der Waals surface area (Å²) in [5, 5.41) is 16.3. The molecule has 0 amide bonds. The molecule has 66 valence electrons. The fourth-order valence-electron chi connectivity index (χ4n) is 0.528. The number of aliphatic carboxylic acids is 1. The van der Waals surface area contributed by atoms with E-state index in [1.807, 2.05) is 0 Å². The average Bonchev–Trinajstić information content (AvgIpc) is 1.87. The fourth-order valence-corrected chi connectivity index (χ4v) is 1.28. The van der Waals surface area contributed by atoms with Crippen molar-refractivity contribution in [1.29, 1.82) is 0 Å². The molecule has 0 saturated heterocycles. The minimum absolute atomic E-state index is 0.00873. The van der Waals surface area contributed by atoms with Crippen LogP contribution in [0.3, 0.4) is 0 Å². The van der Waals surface area contributed by atoms with Gasteiger partial charge in [0.1, 0.15) is 6.79 Å². The third kappa shape index (κ3) is 7.52. The second-order valence-electron chi connectivity index (χ2n) is 1.89. The van der Waals surface area contributed by atoms with Gasteiger partial charge in [-0.15, -0.1) is 0 Å². The molecule has 0 aromatic carbocycles. The zero-order valence-corrected chi connectivity index (χ0v) is 6.95. The molecule has 0 fully saturated rings. The van der Waals surface area contributed by atoms with Crippen LogP contribution in [0, 0.1) is 0 Å². The highest BCUT2D eigenvalue weighted by Gasteiger charge is 2.01. The molecule has 0 radical (unpaired) electrons. The summed E-state index contributed by atoms with van der Waals surface area (Å²) in [4.78, 5) is 9.96. The van der Waals surface area contributed by atoms with Crippen LogP contribution in [0.1, 0.15) is 12.8 Å². The van der Waals surface area contributed by atoms with Crippen LogP contribution in [-0.2, 0) is 13.9 Å². The van der Waals surface area contributed by atoms with Gasteiger partial charge in [-0.05, 0) is 6.42 Å². The molecule has 1 unspecified atom stereocenters. The van der Waals surface area contributed by atoms with Crippen molar-refractivity contribution < 1.29 is 24.1 Å². The third-order valence-electron chi connectivity index (χ3n) is 0.997. The van der Waals surface area contributed by atoms with Crippen molar-refractivity contribution in [3.63, 3.8) is 0 Å². The van der Waals surface area contributed by atoms with Crippen molar-refractivity contribution in [2.75, 3.05) is 13.0 Å². The Morgan fingerprint density at radius 2 is 2.18 bits per heavy atom. The van der Waals surface area contributed by atoms with Gasteiger partial charge in [-0.2, -0.15) is 0 Å². The highest BCUT2D eigenvalue weighted by molar-refractivity contribution is 7.39. The Labute approximate surface area is 64.9 Å². The lowest BCUT2D eigenvalue weighted by atomic mass is 10.3. The van der Waals surface area contributed by atoms with Crippen molar-refractivity contribution in [2.45, 2.75) is 12.8 Å². The van der Waals surface area contributed by atoms with E-state index >= 15 is 0 Å². The number of carbonyl (C=O) groups is 1. The molecule has 6 heteroatoms. The third-order valence-corrected chi connectivity index (χ3v) is 2.21. The van der Waals surface area contributed by atoms with Gasteiger partial charge in [-0.3, -0.25) is 9.36 Å². The van der Waals surface area contributed by atoms with Gasteiger partial charge in [-0.1, -0.05) is 0 Å². The van der Waals surface area contributed by atoms with Crippen molar-refractivity contribution in [3.05, 3.63) is 0 Å². The van der Waals surface area contributed by atoms with Crippen LogP contribution < -0.4 is 0 Å². The molecule has 0 aromatic heterocycles. The zero-order chi connectivity index (χ0) is 8.69. The van der Waals surface area contributed by atoms with E-state index in [0.29, 0.717) is 6.42 Å². The van der Waals surface area contributed by atoms with E-state index in [1.165, 1.54) is 0 Å². The quantitative estimate of drug-likeness (QED) is 0.455. The molecule has 11 heavy (non-hydrogen) atoms. The molecule has 5 nitrogen and oxygen atoms in total. The molecule has 0 aliphatic carbocycles. The number of hydrogen-bond acceptors (Lipinski definition) is 4. The number of aliphatic hydroxyl groups excluding tert-OH is 1. The molecule has 0 bridgehead atoms. The maximum Gasteiger partial charge on any atom is 0.303 e. The van der Waals surface area contributed by atoms with E-state index in [2.05, 4.69) is 4.52 Å². The Bertz CT molecular complexity index is 146. The Morgan fingerprint density at radius 3 is 2.64 bits per heavy atom. The van der Waals surface area contributed by atoms with Crippen LogP contribution in [0.5, 0.6) is 0 Å². The van der Waals surface area contributed by atoms with Gasteiger partial charge < -0.3 is 14.7 Å². The summed E-state index contributed by atoms with van der Waals surface area (Å²) in [5.41, 5.74) is 0. The zero-order valence-electron chi connectivity index (χ0n) is 5.95. The summed E-state index contributed by atoms with van der Waals surface area (Å²) >= 11 is 0. The normalized spacial score (nSPS) is 12.8. The van der Waals surface area contributed by atoms with E-state index in [9.17, 15) is 9.36 Å². The maximum absolute atomic E-state index is 10.6. The largest absolute Gasteiger partial charge is 0.481 e. The minimum Gasteiger partial charge on any atom is -0.481 e. The lowest BCUT2D eigenvalue weighted by molar-refractivity contribution is -0.137. The lowest BCUT2D eigenvalue weighted by Crippen LogP contribution is -1.95. The summed E-state index contributed by atoms with van der Waals surface area (Å²) in [6.45, 7) is -0.565. The first kappa shape index (κ1) is 10.6. The second-order valence-corrected chi connectivity index (χ2v) is 3.43. The molecule has 0 aliphatic heterocycles. The highest BCUT2D eigenvalue weighted by Crippen LogP contribution is 2.22. The van der Waals surface area contributed by atoms with Crippen LogP contribution in [0.2, 0.25) is 0 Å². The summed E-state index contributed by atoms with van der Waals surface area (Å²) in [5.74, 6) is -0.913. The topological polar surface area (TPSA) is 83.8 Å². The smallest absolute Gasteiger partial charge is 0.303 e. The van der Waals surface area contributed by atoms with Gasteiger partial charge in [-0.25, -0.2) is 0 Å². The lowest BCUT2D eigenvalue weighted by Gasteiger charge is -1.98. The Balaban J connectivity index is 3.24. The molecule has 0 rings (SSSR count). The van der Waals surface area contributed by atoms with Crippen LogP contribution >= 0.6 is 8.03 Å². The van der Waals surface area contributed by atoms with Crippen molar-refractivity contribution in [1.82, 2.24) is 0 Å². The number of rotatable bonds is 6. The van der Waals surface area contributed by atoms with E-state index in [4.69, 9.17) is 10.2 Å². The fraction of sp³-hybridized carbons (Fsp3) is 0.800. The van der Waals surface area contributed by atoms with Crippen LogP contribution in [-0.4, -0.2) is 29.1 Å². The maximum atomic E-state index is 10.6. The Hall–Kier alpha value is -0.380. The Kier molecular flexibility index (Phi) is 6.12. The van der Waals surface area contributed by atoms with Crippen molar-refractivity contribution in [2.24, 2.45) is 0 Å². The average molecular weight is 182 g/mol. The van der Waals surface area contributed by atoms with Gasteiger partial charge in [0.15, 0.2) is 8.03 Å². The first-order chi connectivity index (χ1) is 5.16. The number of carboxylic acid groups (broad SMARTS) is 1. The number of aliphatic hydroxyl groups is 1. The van der Waals surface area contributed by atoms with E-state index in [1.54, 1.807) is 0 Å². The van der Waals surface area contributed by atoms with Gasteiger partial charge in [0.05, 0.1) is 0 Å². The molecular weight excluding hydrogens is 171 g/mol. The summed E-state index contributed by atoms with van der Waals surface area (Å²) in [6.07, 6.45) is 0.538. The predicted octanol–water partition coefficient (Wildman–Crippen LogP) is 0.292. The SMILES string of the molecule is O=C(O)CCC[PH](=O)OCO. The van der Waals surface area contributed by atoms with Crippen LogP contribution in [0.25, 0.3) is 0 Å². The summed E-state index contributed by atoms with van der Waals surface area (Å²) in [6, 6.07) is 0. The van der Waals surface area contributed by atoms with Gasteiger partial charge >= 0.3 is 5.97 Å². The van der Waals surface area contributed by atoms with Gasteiger partial charge in [0.25, 0.3) is 0 Å². The molecule has 2 N–H and O–H groups in total. The van der Waals surface area contributed by atoms with Crippen LogP contribution in [0.4, 0.5) is 0 Å². The van der Waals surface area contributed by atoms with Gasteiger partial charge in [0.2, 0.25) is 0 Å². The second kappa shape index (κ2) is 6.34. The van der Waals surface area contributed by atoms with E-state index in [-0.39, 0.29) is 12.6 Å². The minimum atomic E-state index is -2.20. The number of hydrogen-bond donors (Lipinski definition) is 2. The standard InChI is InChI=1S/C5H11O5P/c6-4-10-11(9)3-1-2-5(7)8/h6,11H,1-4H2,(H,7,8). The van der Waals surface area contributed by atoms with E-state index in [0.717, 1.165) is 0 Å². The molecule has 0 aromatic rings. The monoisotopic (exact) mass is 182 g/mol. The molecule has 0 spiro atoms. The molecule has 1 atom stereocenters. The number of carboxylic acids is 1. The molecular formula is C5H11O5P. The van der Waals surface area contributed by atoms with Crippen LogP contribution in [0.15, 0.2) is 0 Å². The molecule has 0 saturated carbocycles. The van der Waals surface area contributed by atoms with Gasteiger partial charge in [0, 0.05) is 12.6 Å². The van der Waals surface area contributed by atoms with E-state index < -0.39 is 20.8 Å². The van der Waals surface area contributed by atoms with Crippen molar-refractivity contribution >= 4 is 14.0 Å². The summed E-state index contributed by atoms with van der Waals surface area (Å²) < 4.78 is 15.0.